The van der Waals surface area contributed by atoms with E-state index in [1.807, 2.05) is 32.0 Å². The van der Waals surface area contributed by atoms with Crippen molar-refractivity contribution in [3.8, 4) is 0 Å². The summed E-state index contributed by atoms with van der Waals surface area (Å²) in [6, 6.07) is 5.69. The molecule has 4 nitrogen and oxygen atoms in total. The monoisotopic (exact) mass is 310 g/mol. The number of sulfonamides is 1. The van der Waals surface area contributed by atoms with Crippen LogP contribution in [0.5, 0.6) is 0 Å². The lowest BCUT2D eigenvalue weighted by Crippen LogP contribution is -2.34. The summed E-state index contributed by atoms with van der Waals surface area (Å²) in [5.41, 5.74) is 8.83. The molecule has 0 radical (unpaired) electrons. The highest BCUT2D eigenvalue weighted by Crippen LogP contribution is 2.31. The fraction of sp³-hybridized carbons (Fsp3) is 0.625. The smallest absolute Gasteiger partial charge is 0.212 e. The number of aryl methyl sites for hydroxylation is 1. The molecule has 0 spiro atoms. The lowest BCUT2D eigenvalue weighted by molar-refractivity contribution is 0.486. The molecule has 2 rings (SSSR count). The lowest BCUT2D eigenvalue weighted by Gasteiger charge is -2.27. The van der Waals surface area contributed by atoms with Crippen molar-refractivity contribution in [3.05, 3.63) is 29.3 Å². The van der Waals surface area contributed by atoms with Gasteiger partial charge in [0.1, 0.15) is 0 Å². The third-order valence-corrected chi connectivity index (χ3v) is 5.97. The van der Waals surface area contributed by atoms with E-state index >= 15 is 0 Å². The van der Waals surface area contributed by atoms with Crippen LogP contribution in [-0.2, 0) is 16.4 Å². The summed E-state index contributed by atoms with van der Waals surface area (Å²) in [5.74, 6) is 0.456. The minimum Gasteiger partial charge on any atom is -0.399 e. The van der Waals surface area contributed by atoms with Gasteiger partial charge in [0.2, 0.25) is 10.0 Å². The van der Waals surface area contributed by atoms with Gasteiger partial charge in [-0.05, 0) is 48.4 Å². The quantitative estimate of drug-likeness (QED) is 0.793. The molecule has 0 aliphatic heterocycles. The standard InChI is InChI=1S/C16H26N2O2S/c1-3-12(4-2)11-21(19,20)18-16-7-5-6-13-10-14(17)8-9-15(13)16/h8-10,12,16,18H,3-7,11,17H2,1-2H3. The zero-order valence-corrected chi connectivity index (χ0v) is 13.7. The molecule has 1 aromatic carbocycles. The van der Waals surface area contributed by atoms with E-state index in [1.54, 1.807) is 0 Å². The molecule has 3 N–H and O–H groups in total. The van der Waals surface area contributed by atoms with Crippen LogP contribution in [0.15, 0.2) is 18.2 Å². The number of fused-ring (bicyclic) bond motifs is 1. The van der Waals surface area contributed by atoms with Crippen LogP contribution in [0.2, 0.25) is 0 Å². The second kappa shape index (κ2) is 6.79. The molecule has 5 heteroatoms. The van der Waals surface area contributed by atoms with E-state index in [2.05, 4.69) is 4.72 Å². The van der Waals surface area contributed by atoms with Gasteiger partial charge in [-0.3, -0.25) is 0 Å². The summed E-state index contributed by atoms with van der Waals surface area (Å²) >= 11 is 0. The van der Waals surface area contributed by atoms with Gasteiger partial charge < -0.3 is 5.73 Å². The summed E-state index contributed by atoms with van der Waals surface area (Å²) in [6.45, 7) is 4.09. The van der Waals surface area contributed by atoms with Crippen molar-refractivity contribution in [2.24, 2.45) is 5.92 Å². The van der Waals surface area contributed by atoms with E-state index in [4.69, 9.17) is 5.73 Å². The first-order valence-corrected chi connectivity index (χ1v) is 9.48. The van der Waals surface area contributed by atoms with Crippen LogP contribution in [-0.4, -0.2) is 14.2 Å². The van der Waals surface area contributed by atoms with Gasteiger partial charge in [0.25, 0.3) is 0 Å². The van der Waals surface area contributed by atoms with Crippen molar-refractivity contribution in [1.82, 2.24) is 4.72 Å². The minimum absolute atomic E-state index is 0.103. The highest BCUT2D eigenvalue weighted by molar-refractivity contribution is 7.89. The molecule has 0 saturated heterocycles. The number of hydrogen-bond acceptors (Lipinski definition) is 3. The predicted octanol–water partition coefficient (Wildman–Crippen LogP) is 3.00. The predicted molar refractivity (Wildman–Crippen MR) is 87.5 cm³/mol. The summed E-state index contributed by atoms with van der Waals surface area (Å²) in [7, 11) is -3.24. The Morgan fingerprint density at radius 3 is 2.71 bits per heavy atom. The van der Waals surface area contributed by atoms with Crippen molar-refractivity contribution in [2.45, 2.75) is 52.0 Å². The van der Waals surface area contributed by atoms with Crippen molar-refractivity contribution in [2.75, 3.05) is 11.5 Å². The summed E-state index contributed by atoms with van der Waals surface area (Å²) < 4.78 is 27.6. The van der Waals surface area contributed by atoms with Crippen LogP contribution in [0.1, 0.15) is 56.7 Å². The lowest BCUT2D eigenvalue weighted by atomic mass is 9.88. The maximum Gasteiger partial charge on any atom is 0.212 e. The summed E-state index contributed by atoms with van der Waals surface area (Å²) in [4.78, 5) is 0. The minimum atomic E-state index is -3.24. The maximum atomic E-state index is 12.4. The van der Waals surface area contributed by atoms with Crippen molar-refractivity contribution >= 4 is 15.7 Å². The van der Waals surface area contributed by atoms with E-state index in [1.165, 1.54) is 5.56 Å². The molecule has 1 atom stereocenters. The molecular formula is C16H26N2O2S. The number of nitrogens with two attached hydrogens (primary N) is 1. The van der Waals surface area contributed by atoms with Gasteiger partial charge in [0.15, 0.2) is 0 Å². The topological polar surface area (TPSA) is 72.2 Å². The first-order chi connectivity index (χ1) is 9.95. The first kappa shape index (κ1) is 16.3. The fourth-order valence-electron chi connectivity index (χ4n) is 3.06. The highest BCUT2D eigenvalue weighted by atomic mass is 32.2. The molecule has 0 aromatic heterocycles. The normalized spacial score (nSPS) is 18.7. The summed E-state index contributed by atoms with van der Waals surface area (Å²) in [5, 5.41) is 0. The van der Waals surface area contributed by atoms with Crippen molar-refractivity contribution in [1.29, 1.82) is 0 Å². The fourth-order valence-corrected chi connectivity index (χ4v) is 4.92. The Labute approximate surface area is 128 Å². The molecular weight excluding hydrogens is 284 g/mol. The average Bonchev–Trinajstić information content (AvgIpc) is 2.44. The van der Waals surface area contributed by atoms with Crippen LogP contribution in [0, 0.1) is 5.92 Å². The van der Waals surface area contributed by atoms with E-state index < -0.39 is 10.0 Å². The third-order valence-electron chi connectivity index (χ3n) is 4.41. The Morgan fingerprint density at radius 1 is 1.33 bits per heavy atom. The van der Waals surface area contributed by atoms with Gasteiger partial charge in [-0.2, -0.15) is 0 Å². The van der Waals surface area contributed by atoms with E-state index in [9.17, 15) is 8.42 Å². The molecule has 0 saturated carbocycles. The Morgan fingerprint density at radius 2 is 2.05 bits per heavy atom. The molecule has 1 unspecified atom stereocenters. The zero-order valence-electron chi connectivity index (χ0n) is 12.9. The van der Waals surface area contributed by atoms with Crippen LogP contribution in [0.3, 0.4) is 0 Å². The highest BCUT2D eigenvalue weighted by Gasteiger charge is 2.26. The molecule has 118 valence electrons. The second-order valence-electron chi connectivity index (χ2n) is 5.98. The van der Waals surface area contributed by atoms with Gasteiger partial charge in [-0.15, -0.1) is 0 Å². The van der Waals surface area contributed by atoms with Crippen LogP contribution >= 0.6 is 0 Å². The van der Waals surface area contributed by atoms with E-state index in [0.717, 1.165) is 43.4 Å². The van der Waals surface area contributed by atoms with Gasteiger partial charge in [-0.25, -0.2) is 13.1 Å². The maximum absolute atomic E-state index is 12.4. The first-order valence-electron chi connectivity index (χ1n) is 7.83. The number of nitrogen functional groups attached to an aromatic ring is 1. The van der Waals surface area contributed by atoms with Crippen LogP contribution in [0.25, 0.3) is 0 Å². The summed E-state index contributed by atoms with van der Waals surface area (Å²) in [6.07, 6.45) is 4.63. The largest absolute Gasteiger partial charge is 0.399 e. The molecule has 0 heterocycles. The Kier molecular flexibility index (Phi) is 5.27. The zero-order chi connectivity index (χ0) is 15.5. The molecule has 0 amide bonds. The Balaban J connectivity index is 2.14. The molecule has 1 aliphatic carbocycles. The third kappa shape index (κ3) is 4.20. The number of hydrogen-bond donors (Lipinski definition) is 2. The number of anilines is 1. The van der Waals surface area contributed by atoms with Crippen LogP contribution in [0.4, 0.5) is 5.69 Å². The Bertz CT molecular complexity index is 580. The molecule has 0 fully saturated rings. The van der Waals surface area contributed by atoms with Gasteiger partial charge in [0, 0.05) is 11.7 Å². The number of rotatable bonds is 6. The van der Waals surface area contributed by atoms with E-state index in [0.29, 0.717) is 0 Å². The van der Waals surface area contributed by atoms with Crippen molar-refractivity contribution in [3.63, 3.8) is 0 Å². The van der Waals surface area contributed by atoms with Crippen molar-refractivity contribution < 1.29 is 8.42 Å². The number of nitrogens with one attached hydrogen (secondary N) is 1. The molecule has 1 aromatic rings. The SMILES string of the molecule is CCC(CC)CS(=O)(=O)NC1CCCc2cc(N)ccc21. The van der Waals surface area contributed by atoms with E-state index in [-0.39, 0.29) is 17.7 Å². The molecule has 21 heavy (non-hydrogen) atoms. The molecule has 0 bridgehead atoms. The van der Waals surface area contributed by atoms with Gasteiger partial charge in [-0.1, -0.05) is 32.8 Å². The Hall–Kier alpha value is -1.07. The molecule has 1 aliphatic rings. The number of benzene rings is 1. The average molecular weight is 310 g/mol. The van der Waals surface area contributed by atoms with Gasteiger partial charge in [0.05, 0.1) is 5.75 Å². The van der Waals surface area contributed by atoms with Gasteiger partial charge >= 0.3 is 0 Å². The van der Waals surface area contributed by atoms with Crippen LogP contribution < -0.4 is 10.5 Å². The second-order valence-corrected chi connectivity index (χ2v) is 7.78.